The lowest BCUT2D eigenvalue weighted by molar-refractivity contribution is 0.189. The van der Waals surface area contributed by atoms with Gasteiger partial charge in [-0.2, -0.15) is 0 Å². The fraction of sp³-hybridized carbons (Fsp3) is 1.00. The van der Waals surface area contributed by atoms with Gasteiger partial charge in [0.15, 0.2) is 0 Å². The predicted molar refractivity (Wildman–Crippen MR) is 58.0 cm³/mol. The summed E-state index contributed by atoms with van der Waals surface area (Å²) in [5.41, 5.74) is 0.262. The van der Waals surface area contributed by atoms with Crippen molar-refractivity contribution in [1.82, 2.24) is 10.2 Å². The minimum atomic E-state index is 0.262. The van der Waals surface area contributed by atoms with E-state index in [4.69, 9.17) is 0 Å². The molecule has 1 aliphatic heterocycles. The molecule has 1 rings (SSSR count). The van der Waals surface area contributed by atoms with Gasteiger partial charge in [0.2, 0.25) is 0 Å². The zero-order chi connectivity index (χ0) is 9.90. The van der Waals surface area contributed by atoms with E-state index in [1.807, 2.05) is 0 Å². The summed E-state index contributed by atoms with van der Waals surface area (Å²) < 4.78 is 0. The maximum absolute atomic E-state index is 3.37. The zero-order valence-electron chi connectivity index (χ0n) is 9.56. The van der Waals surface area contributed by atoms with Crippen LogP contribution in [0.15, 0.2) is 0 Å². The first-order valence-electron chi connectivity index (χ1n) is 5.52. The molecular weight excluding hydrogens is 160 g/mol. The molecule has 0 aliphatic carbocycles. The molecule has 2 nitrogen and oxygen atoms in total. The average molecular weight is 184 g/mol. The van der Waals surface area contributed by atoms with E-state index < -0.39 is 0 Å². The molecule has 0 amide bonds. The topological polar surface area (TPSA) is 15.3 Å². The Labute approximate surface area is 82.7 Å². The first-order chi connectivity index (χ1) is 6.09. The Morgan fingerprint density at radius 2 is 2.15 bits per heavy atom. The standard InChI is InChI=1S/C11H24N2/c1-5-10-7-6-8-13(10)9-11(2,3)12-4/h10,12H,5-9H2,1-4H3. The van der Waals surface area contributed by atoms with Gasteiger partial charge in [-0.15, -0.1) is 0 Å². The predicted octanol–water partition coefficient (Wildman–Crippen LogP) is 1.86. The summed E-state index contributed by atoms with van der Waals surface area (Å²) in [6, 6.07) is 0.840. The molecule has 0 aromatic rings. The highest BCUT2D eigenvalue weighted by Crippen LogP contribution is 2.21. The van der Waals surface area contributed by atoms with Crippen LogP contribution in [0.5, 0.6) is 0 Å². The van der Waals surface area contributed by atoms with Gasteiger partial charge in [-0.05, 0) is 46.7 Å². The summed E-state index contributed by atoms with van der Waals surface area (Å²) in [5.74, 6) is 0. The van der Waals surface area contributed by atoms with E-state index in [9.17, 15) is 0 Å². The monoisotopic (exact) mass is 184 g/mol. The molecule has 1 aliphatic rings. The van der Waals surface area contributed by atoms with Gasteiger partial charge in [0.1, 0.15) is 0 Å². The average Bonchev–Trinajstić information content (AvgIpc) is 2.51. The second-order valence-electron chi connectivity index (χ2n) is 4.81. The van der Waals surface area contributed by atoms with Crippen LogP contribution in [0.25, 0.3) is 0 Å². The van der Waals surface area contributed by atoms with Crippen molar-refractivity contribution in [2.24, 2.45) is 0 Å². The molecule has 0 saturated carbocycles. The van der Waals surface area contributed by atoms with E-state index >= 15 is 0 Å². The van der Waals surface area contributed by atoms with Crippen LogP contribution in [0.4, 0.5) is 0 Å². The molecule has 1 unspecified atom stereocenters. The van der Waals surface area contributed by atoms with Crippen LogP contribution in [0.1, 0.15) is 40.0 Å². The second kappa shape index (κ2) is 4.43. The SMILES string of the molecule is CCC1CCCN1CC(C)(C)NC. The van der Waals surface area contributed by atoms with Crippen molar-refractivity contribution in [2.75, 3.05) is 20.1 Å². The summed E-state index contributed by atoms with van der Waals surface area (Å²) in [7, 11) is 2.05. The van der Waals surface area contributed by atoms with E-state index in [0.29, 0.717) is 0 Å². The van der Waals surface area contributed by atoms with E-state index in [-0.39, 0.29) is 5.54 Å². The van der Waals surface area contributed by atoms with Crippen LogP contribution in [-0.4, -0.2) is 36.6 Å². The third kappa shape index (κ3) is 2.96. The molecule has 0 aromatic carbocycles. The molecule has 0 spiro atoms. The largest absolute Gasteiger partial charge is 0.314 e. The first-order valence-corrected chi connectivity index (χ1v) is 5.52. The van der Waals surface area contributed by atoms with Gasteiger partial charge in [-0.25, -0.2) is 0 Å². The molecule has 13 heavy (non-hydrogen) atoms. The zero-order valence-corrected chi connectivity index (χ0v) is 9.56. The third-order valence-electron chi connectivity index (χ3n) is 3.25. The normalized spacial score (nSPS) is 25.4. The number of nitrogens with one attached hydrogen (secondary N) is 1. The Hall–Kier alpha value is -0.0800. The molecular formula is C11H24N2. The van der Waals surface area contributed by atoms with Crippen LogP contribution >= 0.6 is 0 Å². The molecule has 1 fully saturated rings. The van der Waals surface area contributed by atoms with Gasteiger partial charge in [0.25, 0.3) is 0 Å². The minimum Gasteiger partial charge on any atom is -0.314 e. The summed E-state index contributed by atoms with van der Waals surface area (Å²) >= 11 is 0. The Morgan fingerprint density at radius 1 is 1.46 bits per heavy atom. The maximum atomic E-state index is 3.37. The van der Waals surface area contributed by atoms with E-state index in [2.05, 4.69) is 38.0 Å². The molecule has 1 N–H and O–H groups in total. The number of hydrogen-bond donors (Lipinski definition) is 1. The summed E-state index contributed by atoms with van der Waals surface area (Å²) in [4.78, 5) is 2.64. The number of rotatable bonds is 4. The lowest BCUT2D eigenvalue weighted by Crippen LogP contribution is -2.48. The van der Waals surface area contributed by atoms with Gasteiger partial charge >= 0.3 is 0 Å². The van der Waals surface area contributed by atoms with E-state index in [1.54, 1.807) is 0 Å². The Balaban J connectivity index is 2.43. The third-order valence-corrected chi connectivity index (χ3v) is 3.25. The van der Waals surface area contributed by atoms with Crippen molar-refractivity contribution in [1.29, 1.82) is 0 Å². The molecule has 0 bridgehead atoms. The molecule has 2 heteroatoms. The van der Waals surface area contributed by atoms with Crippen molar-refractivity contribution in [2.45, 2.75) is 51.6 Å². The quantitative estimate of drug-likeness (QED) is 0.717. The lowest BCUT2D eigenvalue weighted by atomic mass is 10.0. The Morgan fingerprint density at radius 3 is 2.69 bits per heavy atom. The molecule has 1 atom stereocenters. The minimum absolute atomic E-state index is 0.262. The molecule has 1 heterocycles. The van der Waals surface area contributed by atoms with Crippen molar-refractivity contribution in [3.8, 4) is 0 Å². The van der Waals surface area contributed by atoms with E-state index in [1.165, 1.54) is 32.4 Å². The van der Waals surface area contributed by atoms with Crippen LogP contribution in [0, 0.1) is 0 Å². The van der Waals surface area contributed by atoms with Crippen molar-refractivity contribution < 1.29 is 0 Å². The van der Waals surface area contributed by atoms with Gasteiger partial charge in [-0.3, -0.25) is 4.90 Å². The summed E-state index contributed by atoms with van der Waals surface area (Å²) in [5, 5.41) is 3.37. The first kappa shape index (κ1) is 11.0. The molecule has 0 radical (unpaired) electrons. The van der Waals surface area contributed by atoms with Gasteiger partial charge in [0, 0.05) is 18.1 Å². The van der Waals surface area contributed by atoms with Crippen LogP contribution in [0.3, 0.4) is 0 Å². The van der Waals surface area contributed by atoms with Crippen LogP contribution < -0.4 is 5.32 Å². The summed E-state index contributed by atoms with van der Waals surface area (Å²) in [6.07, 6.45) is 4.09. The maximum Gasteiger partial charge on any atom is 0.0249 e. The Bertz CT molecular complexity index is 154. The summed E-state index contributed by atoms with van der Waals surface area (Å²) in [6.45, 7) is 9.33. The van der Waals surface area contributed by atoms with Gasteiger partial charge in [0.05, 0.1) is 0 Å². The number of likely N-dealkylation sites (N-methyl/N-ethyl adjacent to an activating group) is 1. The highest BCUT2D eigenvalue weighted by Gasteiger charge is 2.27. The van der Waals surface area contributed by atoms with Crippen molar-refractivity contribution >= 4 is 0 Å². The van der Waals surface area contributed by atoms with E-state index in [0.717, 1.165) is 6.04 Å². The fourth-order valence-electron chi connectivity index (χ4n) is 2.15. The second-order valence-corrected chi connectivity index (χ2v) is 4.81. The van der Waals surface area contributed by atoms with Gasteiger partial charge < -0.3 is 5.32 Å². The molecule has 0 aromatic heterocycles. The number of likely N-dealkylation sites (tertiary alicyclic amines) is 1. The number of nitrogens with zero attached hydrogens (tertiary/aromatic N) is 1. The van der Waals surface area contributed by atoms with Gasteiger partial charge in [-0.1, -0.05) is 6.92 Å². The Kier molecular flexibility index (Phi) is 3.74. The molecule has 1 saturated heterocycles. The lowest BCUT2D eigenvalue weighted by Gasteiger charge is -2.33. The highest BCUT2D eigenvalue weighted by molar-refractivity contribution is 4.86. The highest BCUT2D eigenvalue weighted by atomic mass is 15.2. The van der Waals surface area contributed by atoms with Crippen LogP contribution in [0.2, 0.25) is 0 Å². The van der Waals surface area contributed by atoms with Crippen LogP contribution in [-0.2, 0) is 0 Å². The number of hydrogen-bond acceptors (Lipinski definition) is 2. The fourth-order valence-corrected chi connectivity index (χ4v) is 2.15. The van der Waals surface area contributed by atoms with Crippen molar-refractivity contribution in [3.63, 3.8) is 0 Å². The smallest absolute Gasteiger partial charge is 0.0249 e. The van der Waals surface area contributed by atoms with Crippen molar-refractivity contribution in [3.05, 3.63) is 0 Å². The molecule has 78 valence electrons.